The molecule has 0 saturated heterocycles. The lowest BCUT2D eigenvalue weighted by molar-refractivity contribution is -0.120. The number of anilines is 3. The van der Waals surface area contributed by atoms with Crippen molar-refractivity contribution in [3.05, 3.63) is 36.2 Å². The first-order chi connectivity index (χ1) is 12.6. The van der Waals surface area contributed by atoms with E-state index in [1.54, 1.807) is 0 Å². The molecule has 1 unspecified atom stereocenters. The molecular formula is C18H24N6OS. The Hall–Kier alpha value is -2.35. The number of para-hydroxylation sites is 1. The number of nitrogens with one attached hydrogen (secondary N) is 2. The van der Waals surface area contributed by atoms with Crippen molar-refractivity contribution < 1.29 is 4.79 Å². The van der Waals surface area contributed by atoms with Crippen LogP contribution in [0.25, 0.3) is 0 Å². The van der Waals surface area contributed by atoms with Gasteiger partial charge in [0.25, 0.3) is 0 Å². The van der Waals surface area contributed by atoms with E-state index in [0.717, 1.165) is 18.5 Å². The molecule has 138 valence electrons. The van der Waals surface area contributed by atoms with Gasteiger partial charge in [-0.05, 0) is 31.9 Å². The molecule has 1 aromatic heterocycles. The summed E-state index contributed by atoms with van der Waals surface area (Å²) in [5, 5.41) is 6.07. The van der Waals surface area contributed by atoms with Gasteiger partial charge in [-0.3, -0.25) is 4.79 Å². The number of nitrogen functional groups attached to an aromatic ring is 1. The van der Waals surface area contributed by atoms with Gasteiger partial charge in [0.2, 0.25) is 17.8 Å². The molecule has 1 aromatic carbocycles. The van der Waals surface area contributed by atoms with Gasteiger partial charge in [-0.2, -0.15) is 15.0 Å². The lowest BCUT2D eigenvalue weighted by atomic mass is 10.2. The molecule has 1 heterocycles. The number of hydrogen-bond donors (Lipinski definition) is 3. The average Bonchev–Trinajstić information content (AvgIpc) is 3.13. The molecule has 7 nitrogen and oxygen atoms in total. The molecule has 1 fully saturated rings. The third kappa shape index (κ3) is 5.32. The number of benzene rings is 1. The van der Waals surface area contributed by atoms with Gasteiger partial charge in [-0.25, -0.2) is 0 Å². The number of hydrogen-bond acceptors (Lipinski definition) is 7. The van der Waals surface area contributed by atoms with E-state index in [2.05, 4.69) is 25.6 Å². The highest BCUT2D eigenvalue weighted by molar-refractivity contribution is 7.99. The van der Waals surface area contributed by atoms with Crippen LogP contribution in [0, 0.1) is 0 Å². The maximum absolute atomic E-state index is 12.3. The fourth-order valence-electron chi connectivity index (χ4n) is 2.87. The first-order valence-electron chi connectivity index (χ1n) is 8.84. The van der Waals surface area contributed by atoms with E-state index in [0.29, 0.717) is 23.6 Å². The van der Waals surface area contributed by atoms with Gasteiger partial charge in [0.1, 0.15) is 5.82 Å². The van der Waals surface area contributed by atoms with Crippen molar-refractivity contribution in [1.29, 1.82) is 0 Å². The number of aromatic nitrogens is 3. The van der Waals surface area contributed by atoms with Crippen molar-refractivity contribution >= 4 is 35.3 Å². The molecule has 3 rings (SSSR count). The topological polar surface area (TPSA) is 106 Å². The standard InChI is InChI=1S/C18H24N6OS/c1-12(16(25)20-13-9-5-6-10-13)26-11-15-22-17(19)24-18(23-15)21-14-7-3-2-4-8-14/h2-4,7-8,12-13H,5-6,9-11H2,1H3,(H,20,25)(H3,19,21,22,23,24). The fourth-order valence-corrected chi connectivity index (χ4v) is 3.62. The van der Waals surface area contributed by atoms with Crippen LogP contribution in [0.2, 0.25) is 0 Å². The first kappa shape index (κ1) is 18.4. The normalized spacial score (nSPS) is 15.6. The summed E-state index contributed by atoms with van der Waals surface area (Å²) in [5.41, 5.74) is 6.67. The number of nitrogens with zero attached hydrogens (tertiary/aromatic N) is 3. The van der Waals surface area contributed by atoms with Crippen molar-refractivity contribution in [3.8, 4) is 0 Å². The van der Waals surface area contributed by atoms with Gasteiger partial charge in [-0.1, -0.05) is 31.0 Å². The van der Waals surface area contributed by atoms with Crippen molar-refractivity contribution in [2.45, 2.75) is 49.7 Å². The second-order valence-corrected chi connectivity index (χ2v) is 7.70. The maximum atomic E-state index is 12.3. The van der Waals surface area contributed by atoms with Crippen LogP contribution < -0.4 is 16.4 Å². The molecule has 8 heteroatoms. The molecule has 0 aliphatic heterocycles. The van der Waals surface area contributed by atoms with Gasteiger partial charge in [0.15, 0.2) is 0 Å². The molecular weight excluding hydrogens is 348 g/mol. The molecule has 1 atom stereocenters. The molecule has 1 aliphatic carbocycles. The molecule has 26 heavy (non-hydrogen) atoms. The van der Waals surface area contributed by atoms with Crippen LogP contribution in [0.15, 0.2) is 30.3 Å². The Balaban J connectivity index is 1.56. The summed E-state index contributed by atoms with van der Waals surface area (Å²) < 4.78 is 0. The minimum absolute atomic E-state index is 0.0755. The number of carbonyl (C=O) groups excluding carboxylic acids is 1. The summed E-state index contributed by atoms with van der Waals surface area (Å²) >= 11 is 1.50. The third-order valence-electron chi connectivity index (χ3n) is 4.26. The Morgan fingerprint density at radius 2 is 1.96 bits per heavy atom. The number of thioether (sulfide) groups is 1. The number of nitrogens with two attached hydrogens (primary N) is 1. The number of carbonyl (C=O) groups is 1. The van der Waals surface area contributed by atoms with E-state index in [4.69, 9.17) is 5.73 Å². The lowest BCUT2D eigenvalue weighted by Crippen LogP contribution is -2.37. The van der Waals surface area contributed by atoms with Gasteiger partial charge >= 0.3 is 0 Å². The molecule has 4 N–H and O–H groups in total. The highest BCUT2D eigenvalue weighted by atomic mass is 32.2. The minimum Gasteiger partial charge on any atom is -0.368 e. The lowest BCUT2D eigenvalue weighted by Gasteiger charge is -2.16. The zero-order valence-electron chi connectivity index (χ0n) is 14.8. The smallest absolute Gasteiger partial charge is 0.233 e. The van der Waals surface area contributed by atoms with Crippen molar-refractivity contribution in [3.63, 3.8) is 0 Å². The Morgan fingerprint density at radius 1 is 1.23 bits per heavy atom. The monoisotopic (exact) mass is 372 g/mol. The van der Waals surface area contributed by atoms with E-state index in [1.807, 2.05) is 37.3 Å². The molecule has 0 spiro atoms. The van der Waals surface area contributed by atoms with E-state index < -0.39 is 0 Å². The van der Waals surface area contributed by atoms with E-state index >= 15 is 0 Å². The summed E-state index contributed by atoms with van der Waals surface area (Å²) in [5.74, 6) is 1.70. The Morgan fingerprint density at radius 3 is 2.69 bits per heavy atom. The number of rotatable bonds is 7. The molecule has 0 bridgehead atoms. The molecule has 2 aromatic rings. The van der Waals surface area contributed by atoms with Gasteiger partial charge in [0.05, 0.1) is 11.0 Å². The van der Waals surface area contributed by atoms with Gasteiger partial charge < -0.3 is 16.4 Å². The van der Waals surface area contributed by atoms with Crippen LogP contribution in [0.5, 0.6) is 0 Å². The maximum Gasteiger partial charge on any atom is 0.233 e. The van der Waals surface area contributed by atoms with Crippen molar-refractivity contribution in [2.75, 3.05) is 11.1 Å². The third-order valence-corrected chi connectivity index (χ3v) is 5.40. The summed E-state index contributed by atoms with van der Waals surface area (Å²) in [7, 11) is 0. The summed E-state index contributed by atoms with van der Waals surface area (Å²) in [6.07, 6.45) is 4.57. The quantitative estimate of drug-likeness (QED) is 0.686. The fraction of sp³-hybridized carbons (Fsp3) is 0.444. The predicted molar refractivity (Wildman–Crippen MR) is 105 cm³/mol. The number of amides is 1. The van der Waals surface area contributed by atoms with Crippen LogP contribution >= 0.6 is 11.8 Å². The molecule has 1 saturated carbocycles. The van der Waals surface area contributed by atoms with E-state index in [9.17, 15) is 4.79 Å². The Bertz CT molecular complexity index is 736. The summed E-state index contributed by atoms with van der Waals surface area (Å²) in [6.45, 7) is 1.91. The molecule has 0 radical (unpaired) electrons. The zero-order valence-corrected chi connectivity index (χ0v) is 15.6. The highest BCUT2D eigenvalue weighted by Gasteiger charge is 2.21. The Labute approximate surface area is 157 Å². The average molecular weight is 372 g/mol. The van der Waals surface area contributed by atoms with Crippen LogP contribution in [-0.2, 0) is 10.5 Å². The zero-order chi connectivity index (χ0) is 18.4. The summed E-state index contributed by atoms with van der Waals surface area (Å²) in [6, 6.07) is 9.96. The van der Waals surface area contributed by atoms with E-state index in [-0.39, 0.29) is 17.1 Å². The summed E-state index contributed by atoms with van der Waals surface area (Å²) in [4.78, 5) is 25.0. The van der Waals surface area contributed by atoms with E-state index in [1.165, 1.54) is 24.6 Å². The highest BCUT2D eigenvalue weighted by Crippen LogP contribution is 2.21. The van der Waals surface area contributed by atoms with Crippen LogP contribution in [-0.4, -0.2) is 32.2 Å². The minimum atomic E-state index is -0.167. The molecule has 1 aliphatic rings. The second-order valence-electron chi connectivity index (χ2n) is 6.37. The van der Waals surface area contributed by atoms with Crippen LogP contribution in [0.4, 0.5) is 17.6 Å². The largest absolute Gasteiger partial charge is 0.368 e. The second kappa shape index (κ2) is 8.84. The van der Waals surface area contributed by atoms with Crippen molar-refractivity contribution in [1.82, 2.24) is 20.3 Å². The van der Waals surface area contributed by atoms with Crippen LogP contribution in [0.1, 0.15) is 38.4 Å². The van der Waals surface area contributed by atoms with Gasteiger partial charge in [0, 0.05) is 11.7 Å². The Kier molecular flexibility index (Phi) is 6.27. The van der Waals surface area contributed by atoms with Crippen molar-refractivity contribution in [2.24, 2.45) is 0 Å². The SMILES string of the molecule is CC(SCc1nc(N)nc(Nc2ccccc2)n1)C(=O)NC1CCCC1. The van der Waals surface area contributed by atoms with Gasteiger partial charge in [-0.15, -0.1) is 11.8 Å². The predicted octanol–water partition coefficient (Wildman–Crippen LogP) is 2.88. The molecule has 1 amide bonds. The first-order valence-corrected chi connectivity index (χ1v) is 9.89. The van der Waals surface area contributed by atoms with Crippen LogP contribution in [0.3, 0.4) is 0 Å².